The molecule has 3 rings (SSSR count). The minimum atomic E-state index is 0.376. The predicted octanol–water partition coefficient (Wildman–Crippen LogP) is 2.64. The van der Waals surface area contributed by atoms with Crippen molar-refractivity contribution in [3.63, 3.8) is 0 Å². The highest BCUT2D eigenvalue weighted by Crippen LogP contribution is 2.23. The lowest BCUT2D eigenvalue weighted by Gasteiger charge is -2.11. The average molecular weight is 269 g/mol. The van der Waals surface area contributed by atoms with E-state index in [1.54, 1.807) is 6.20 Å². The van der Waals surface area contributed by atoms with Crippen molar-refractivity contribution in [2.24, 2.45) is 0 Å². The van der Waals surface area contributed by atoms with Gasteiger partial charge in [-0.2, -0.15) is 5.10 Å². The second kappa shape index (κ2) is 5.00. The number of anilines is 1. The first-order valence-electron chi connectivity index (χ1n) is 6.88. The molecule has 0 spiro atoms. The summed E-state index contributed by atoms with van der Waals surface area (Å²) >= 11 is 0. The molecule has 0 radical (unpaired) electrons. The molecule has 20 heavy (non-hydrogen) atoms. The molecule has 5 nitrogen and oxygen atoms in total. The van der Waals surface area contributed by atoms with Gasteiger partial charge in [0.2, 0.25) is 0 Å². The molecule has 0 amide bonds. The topological polar surface area (TPSA) is 61.7 Å². The Hall–Kier alpha value is -2.30. The van der Waals surface area contributed by atoms with E-state index in [2.05, 4.69) is 23.5 Å². The van der Waals surface area contributed by atoms with Gasteiger partial charge in [0.1, 0.15) is 5.82 Å². The number of nitrogens with zero attached hydrogens (tertiary/aromatic N) is 4. The van der Waals surface area contributed by atoms with E-state index in [9.17, 15) is 0 Å². The van der Waals surface area contributed by atoms with Gasteiger partial charge in [-0.15, -0.1) is 0 Å². The number of fused-ring (bicyclic) bond motifs is 1. The molecule has 0 saturated heterocycles. The largest absolute Gasteiger partial charge is 0.399 e. The molecule has 0 fully saturated rings. The van der Waals surface area contributed by atoms with Crippen molar-refractivity contribution in [3.05, 3.63) is 42.5 Å². The molecule has 0 bridgehead atoms. The third-order valence-electron chi connectivity index (χ3n) is 3.43. The van der Waals surface area contributed by atoms with Crippen LogP contribution in [0.4, 0.5) is 5.69 Å². The van der Waals surface area contributed by atoms with Gasteiger partial charge in [-0.1, -0.05) is 13.8 Å². The van der Waals surface area contributed by atoms with E-state index < -0.39 is 0 Å². The minimum absolute atomic E-state index is 0.376. The van der Waals surface area contributed by atoms with Crippen molar-refractivity contribution in [2.75, 3.05) is 5.73 Å². The predicted molar refractivity (Wildman–Crippen MR) is 80.5 cm³/mol. The normalized spacial score (nSPS) is 11.6. The molecule has 2 heterocycles. The number of rotatable bonds is 4. The molecule has 0 saturated carbocycles. The van der Waals surface area contributed by atoms with Crippen molar-refractivity contribution < 1.29 is 0 Å². The standard InChI is InChI=1S/C15H19N5/c1-11(2)15-18-13-10-12(16)4-5-14(13)20(15)9-8-19-7-3-6-17-19/h3-7,10-11H,8-9,16H2,1-2H3. The Bertz CT molecular complexity index is 709. The lowest BCUT2D eigenvalue weighted by Crippen LogP contribution is -2.11. The van der Waals surface area contributed by atoms with Gasteiger partial charge in [-0.05, 0) is 24.3 Å². The Morgan fingerprint density at radius 3 is 2.80 bits per heavy atom. The summed E-state index contributed by atoms with van der Waals surface area (Å²) in [4.78, 5) is 4.73. The second-order valence-corrected chi connectivity index (χ2v) is 5.29. The van der Waals surface area contributed by atoms with Gasteiger partial charge >= 0.3 is 0 Å². The van der Waals surface area contributed by atoms with Crippen LogP contribution in [0.5, 0.6) is 0 Å². The first-order chi connectivity index (χ1) is 9.65. The van der Waals surface area contributed by atoms with Gasteiger partial charge in [0.15, 0.2) is 0 Å². The van der Waals surface area contributed by atoms with Crippen LogP contribution in [-0.2, 0) is 13.1 Å². The first kappa shape index (κ1) is 12.7. The molecule has 0 aliphatic rings. The summed E-state index contributed by atoms with van der Waals surface area (Å²) in [5.74, 6) is 1.47. The summed E-state index contributed by atoms with van der Waals surface area (Å²) in [6.07, 6.45) is 3.78. The molecular formula is C15H19N5. The summed E-state index contributed by atoms with van der Waals surface area (Å²) in [5.41, 5.74) is 8.70. The fourth-order valence-corrected chi connectivity index (χ4v) is 2.48. The third-order valence-corrected chi connectivity index (χ3v) is 3.43. The molecule has 0 aliphatic heterocycles. The van der Waals surface area contributed by atoms with Gasteiger partial charge < -0.3 is 10.3 Å². The van der Waals surface area contributed by atoms with Crippen molar-refractivity contribution in [2.45, 2.75) is 32.9 Å². The Balaban J connectivity index is 2.00. The first-order valence-corrected chi connectivity index (χ1v) is 6.88. The summed E-state index contributed by atoms with van der Waals surface area (Å²) < 4.78 is 4.20. The van der Waals surface area contributed by atoms with Crippen LogP contribution in [0.2, 0.25) is 0 Å². The van der Waals surface area contributed by atoms with Crippen LogP contribution in [0.1, 0.15) is 25.6 Å². The maximum Gasteiger partial charge on any atom is 0.112 e. The number of aromatic nitrogens is 4. The summed E-state index contributed by atoms with van der Waals surface area (Å²) in [6.45, 7) is 6.02. The molecule has 0 aliphatic carbocycles. The van der Waals surface area contributed by atoms with Crippen LogP contribution < -0.4 is 5.73 Å². The zero-order valence-corrected chi connectivity index (χ0v) is 11.8. The van der Waals surface area contributed by atoms with E-state index in [0.717, 1.165) is 35.6 Å². The van der Waals surface area contributed by atoms with Gasteiger partial charge in [0.25, 0.3) is 0 Å². The highest BCUT2D eigenvalue weighted by Gasteiger charge is 2.13. The molecule has 3 aromatic rings. The Morgan fingerprint density at radius 2 is 2.10 bits per heavy atom. The minimum Gasteiger partial charge on any atom is -0.399 e. The number of nitrogens with two attached hydrogens (primary N) is 1. The number of aryl methyl sites for hydroxylation is 2. The molecule has 0 atom stereocenters. The zero-order valence-electron chi connectivity index (χ0n) is 11.8. The second-order valence-electron chi connectivity index (χ2n) is 5.29. The highest BCUT2D eigenvalue weighted by molar-refractivity contribution is 5.79. The van der Waals surface area contributed by atoms with Crippen molar-refractivity contribution in [1.29, 1.82) is 0 Å². The quantitative estimate of drug-likeness (QED) is 0.741. The summed E-state index contributed by atoms with van der Waals surface area (Å²) in [5, 5.41) is 4.25. The maximum atomic E-state index is 5.85. The molecule has 2 aromatic heterocycles. The molecule has 2 N–H and O–H groups in total. The van der Waals surface area contributed by atoms with Gasteiger partial charge in [-0.3, -0.25) is 4.68 Å². The zero-order chi connectivity index (χ0) is 14.1. The van der Waals surface area contributed by atoms with Crippen LogP contribution in [0.15, 0.2) is 36.7 Å². The SMILES string of the molecule is CC(C)c1nc2cc(N)ccc2n1CCn1cccn1. The average Bonchev–Trinajstić information content (AvgIpc) is 3.02. The smallest absolute Gasteiger partial charge is 0.112 e. The summed E-state index contributed by atoms with van der Waals surface area (Å²) in [6, 6.07) is 7.85. The monoisotopic (exact) mass is 269 g/mol. The molecular weight excluding hydrogens is 250 g/mol. The van der Waals surface area contributed by atoms with E-state index in [0.29, 0.717) is 5.92 Å². The number of hydrogen-bond acceptors (Lipinski definition) is 3. The third kappa shape index (κ3) is 2.27. The van der Waals surface area contributed by atoms with Gasteiger partial charge in [0, 0.05) is 30.5 Å². The van der Waals surface area contributed by atoms with E-state index >= 15 is 0 Å². The number of benzene rings is 1. The Labute approximate surface area is 118 Å². The fourth-order valence-electron chi connectivity index (χ4n) is 2.48. The lowest BCUT2D eigenvalue weighted by molar-refractivity contribution is 0.520. The van der Waals surface area contributed by atoms with E-state index in [1.807, 2.05) is 35.1 Å². The molecule has 104 valence electrons. The van der Waals surface area contributed by atoms with Crippen molar-refractivity contribution >= 4 is 16.7 Å². The van der Waals surface area contributed by atoms with Crippen molar-refractivity contribution in [3.8, 4) is 0 Å². The highest BCUT2D eigenvalue weighted by atomic mass is 15.3. The van der Waals surface area contributed by atoms with E-state index in [-0.39, 0.29) is 0 Å². The van der Waals surface area contributed by atoms with Crippen LogP contribution in [0, 0.1) is 0 Å². The number of nitrogen functional groups attached to an aromatic ring is 1. The Kier molecular flexibility index (Phi) is 3.18. The van der Waals surface area contributed by atoms with Crippen LogP contribution in [-0.4, -0.2) is 19.3 Å². The van der Waals surface area contributed by atoms with E-state index in [4.69, 9.17) is 10.7 Å². The lowest BCUT2D eigenvalue weighted by atomic mass is 10.2. The molecule has 1 aromatic carbocycles. The number of hydrogen-bond donors (Lipinski definition) is 1. The van der Waals surface area contributed by atoms with E-state index in [1.165, 1.54) is 0 Å². The van der Waals surface area contributed by atoms with Crippen LogP contribution >= 0.6 is 0 Å². The van der Waals surface area contributed by atoms with Crippen LogP contribution in [0.3, 0.4) is 0 Å². The van der Waals surface area contributed by atoms with Crippen molar-refractivity contribution in [1.82, 2.24) is 19.3 Å². The van der Waals surface area contributed by atoms with Crippen LogP contribution in [0.25, 0.3) is 11.0 Å². The molecule has 0 unspecified atom stereocenters. The fraction of sp³-hybridized carbons (Fsp3) is 0.333. The number of imidazole rings is 1. The Morgan fingerprint density at radius 1 is 1.25 bits per heavy atom. The van der Waals surface area contributed by atoms with Gasteiger partial charge in [-0.25, -0.2) is 4.98 Å². The van der Waals surface area contributed by atoms with Gasteiger partial charge in [0.05, 0.1) is 17.6 Å². The summed E-state index contributed by atoms with van der Waals surface area (Å²) in [7, 11) is 0. The molecule has 5 heteroatoms. The maximum absolute atomic E-state index is 5.85.